The molecule has 0 aromatic heterocycles. The van der Waals surface area contributed by atoms with Crippen molar-refractivity contribution in [1.29, 1.82) is 0 Å². The van der Waals surface area contributed by atoms with Crippen LogP contribution in [0.25, 0.3) is 0 Å². The fourth-order valence-corrected chi connectivity index (χ4v) is 0. The molecule has 0 nitrogen and oxygen atoms in total. The number of halogens is 4. The van der Waals surface area contributed by atoms with Crippen LogP contribution in [-0.2, 0) is 9.20 Å². The van der Waals surface area contributed by atoms with Crippen molar-refractivity contribution in [1.82, 2.24) is 0 Å². The van der Waals surface area contributed by atoms with Gasteiger partial charge in [-0.15, -0.1) is 0 Å². The van der Waals surface area contributed by atoms with Gasteiger partial charge in [-0.2, -0.15) is 0 Å². The zero-order chi connectivity index (χ0) is 4.50. The predicted molar refractivity (Wildman–Crippen MR) is 24.5 cm³/mol. The first-order valence-corrected chi connectivity index (χ1v) is 6.61. The SMILES string of the molecule is [Cl][Fe]([Cl])([Cl])[Cl].[H-].[Li+]. The summed E-state index contributed by atoms with van der Waals surface area (Å²) in [5, 5.41) is 0. The van der Waals surface area contributed by atoms with E-state index < -0.39 is 9.20 Å². The Balaban J connectivity index is -0.0000000800. The number of hydrogen-bond acceptors (Lipinski definition) is 0. The monoisotopic (exact) mass is 204 g/mol. The van der Waals surface area contributed by atoms with Crippen LogP contribution in [0, 0.1) is 0 Å². The molecule has 0 aliphatic carbocycles. The fraction of sp³-hybridized carbons (Fsp3) is 0. The van der Waals surface area contributed by atoms with Crippen LogP contribution in [0.2, 0.25) is 0 Å². The second-order valence-electron chi connectivity index (χ2n) is 0.303. The molecule has 0 fully saturated rings. The van der Waals surface area contributed by atoms with Gasteiger partial charge in [0.25, 0.3) is 0 Å². The van der Waals surface area contributed by atoms with Gasteiger partial charge in [0.2, 0.25) is 0 Å². The zero-order valence-corrected chi connectivity index (χ0v) is 6.99. The summed E-state index contributed by atoms with van der Waals surface area (Å²) < 4.78 is 0. The summed E-state index contributed by atoms with van der Waals surface area (Å²) in [4.78, 5) is 0. The molecule has 0 aromatic rings. The Morgan fingerprint density at radius 2 is 1.00 bits per heavy atom. The van der Waals surface area contributed by atoms with Gasteiger partial charge in [0.1, 0.15) is 0 Å². The van der Waals surface area contributed by atoms with Crippen LogP contribution in [0.4, 0.5) is 0 Å². The summed E-state index contributed by atoms with van der Waals surface area (Å²) in [5.74, 6) is 0. The van der Waals surface area contributed by atoms with Crippen LogP contribution in [0.1, 0.15) is 1.43 Å². The summed E-state index contributed by atoms with van der Waals surface area (Å²) in [5.41, 5.74) is 0. The van der Waals surface area contributed by atoms with E-state index in [0.29, 0.717) is 0 Å². The largest absolute Gasteiger partial charge is 1.00 e. The van der Waals surface area contributed by atoms with Gasteiger partial charge in [-0.25, -0.2) is 0 Å². The Morgan fingerprint density at radius 1 is 1.00 bits per heavy atom. The Hall–Kier alpha value is 2.28. The smallest absolute Gasteiger partial charge is 1.00 e. The van der Waals surface area contributed by atoms with E-state index in [1.165, 1.54) is 0 Å². The molecule has 0 bridgehead atoms. The molecule has 0 aliphatic rings. The van der Waals surface area contributed by atoms with Crippen molar-refractivity contribution in [2.45, 2.75) is 0 Å². The van der Waals surface area contributed by atoms with Crippen LogP contribution in [0.15, 0.2) is 0 Å². The molecule has 38 valence electrons. The molecule has 0 heterocycles. The Bertz CT molecular complexity index is 27.2. The molecular formula is HCl4FeLi. The predicted octanol–water partition coefficient (Wildman–Crippen LogP) is -0.128. The summed E-state index contributed by atoms with van der Waals surface area (Å²) in [7, 11) is 17.2. The van der Waals surface area contributed by atoms with Crippen molar-refractivity contribution >= 4 is 40.4 Å². The molecule has 0 rings (SSSR count). The minimum Gasteiger partial charge on any atom is -1.00 e. The minimum atomic E-state index is -2.61. The third-order valence-corrected chi connectivity index (χ3v) is 0. The fourth-order valence-electron chi connectivity index (χ4n) is 0. The molecule has 0 N–H and O–H groups in total. The van der Waals surface area contributed by atoms with E-state index in [9.17, 15) is 0 Å². The molecule has 0 atom stereocenters. The quantitative estimate of drug-likeness (QED) is 0.484. The van der Waals surface area contributed by atoms with Gasteiger partial charge in [-0.3, -0.25) is 0 Å². The second-order valence-corrected chi connectivity index (χ2v) is 11.2. The van der Waals surface area contributed by atoms with Gasteiger partial charge in [0, 0.05) is 0 Å². The van der Waals surface area contributed by atoms with E-state index in [4.69, 9.17) is 40.4 Å². The van der Waals surface area contributed by atoms with Gasteiger partial charge in [0.05, 0.1) is 0 Å². The van der Waals surface area contributed by atoms with E-state index in [0.717, 1.165) is 0 Å². The molecule has 0 saturated carbocycles. The maximum atomic E-state index is 4.95. The average molecular weight is 206 g/mol. The Morgan fingerprint density at radius 3 is 1.00 bits per heavy atom. The topological polar surface area (TPSA) is 0 Å². The molecule has 0 spiro atoms. The van der Waals surface area contributed by atoms with E-state index in [2.05, 4.69) is 0 Å². The summed E-state index contributed by atoms with van der Waals surface area (Å²) in [6.07, 6.45) is 0. The van der Waals surface area contributed by atoms with E-state index in [1.807, 2.05) is 0 Å². The first kappa shape index (κ1) is 11.1. The molecule has 0 amide bonds. The molecule has 0 unspecified atom stereocenters. The van der Waals surface area contributed by atoms with Gasteiger partial charge in [0.15, 0.2) is 0 Å². The van der Waals surface area contributed by atoms with Crippen LogP contribution < -0.4 is 18.9 Å². The van der Waals surface area contributed by atoms with E-state index >= 15 is 0 Å². The van der Waals surface area contributed by atoms with Crippen LogP contribution in [-0.4, -0.2) is 0 Å². The van der Waals surface area contributed by atoms with Gasteiger partial charge < -0.3 is 1.43 Å². The normalized spacial score (nSPS) is 12.7. The first-order valence-electron chi connectivity index (χ1n) is 0.535. The van der Waals surface area contributed by atoms with Crippen molar-refractivity contribution in [3.8, 4) is 0 Å². The van der Waals surface area contributed by atoms with Crippen molar-refractivity contribution in [2.75, 3.05) is 0 Å². The van der Waals surface area contributed by atoms with Crippen molar-refractivity contribution in [3.63, 3.8) is 0 Å². The second kappa shape index (κ2) is 4.19. The third-order valence-electron chi connectivity index (χ3n) is 0. The average Bonchev–Trinajstić information content (AvgIpc) is 0.722. The van der Waals surface area contributed by atoms with Gasteiger partial charge in [-0.1, -0.05) is 0 Å². The molecule has 0 radical (unpaired) electrons. The van der Waals surface area contributed by atoms with E-state index in [1.54, 1.807) is 0 Å². The van der Waals surface area contributed by atoms with Gasteiger partial charge >= 0.3 is 68.5 Å². The Kier molecular flexibility index (Phi) is 7.76. The van der Waals surface area contributed by atoms with Crippen LogP contribution in [0.3, 0.4) is 0 Å². The molecule has 6 heteroatoms. The van der Waals surface area contributed by atoms with Crippen molar-refractivity contribution < 1.29 is 29.5 Å². The van der Waals surface area contributed by atoms with Crippen molar-refractivity contribution in [3.05, 3.63) is 0 Å². The molecule has 0 saturated heterocycles. The van der Waals surface area contributed by atoms with Crippen molar-refractivity contribution in [2.24, 2.45) is 0 Å². The third kappa shape index (κ3) is 33.7. The summed E-state index contributed by atoms with van der Waals surface area (Å²) in [6.45, 7) is 0. The number of hydrogen-bond donors (Lipinski definition) is 0. The standard InChI is InChI=1S/4ClH.Fe.Li.H/h4*1H;;;/q;;;;+4;+1;-1/p-4. The van der Waals surface area contributed by atoms with E-state index in [-0.39, 0.29) is 20.3 Å². The Labute approximate surface area is 69.3 Å². The van der Waals surface area contributed by atoms with Crippen LogP contribution >= 0.6 is 40.4 Å². The maximum absolute atomic E-state index is 4.95. The summed E-state index contributed by atoms with van der Waals surface area (Å²) >= 11 is 0. The molecule has 0 aliphatic heterocycles. The molecule has 6 heavy (non-hydrogen) atoms. The summed E-state index contributed by atoms with van der Waals surface area (Å²) in [6, 6.07) is 0. The van der Waals surface area contributed by atoms with Crippen LogP contribution in [0.5, 0.6) is 0 Å². The zero-order valence-electron chi connectivity index (χ0n) is 3.87. The number of rotatable bonds is 0. The first-order chi connectivity index (χ1) is 2.00. The van der Waals surface area contributed by atoms with Gasteiger partial charge in [-0.05, 0) is 0 Å². The molecule has 0 aromatic carbocycles. The molecular weight excluding hydrogens is 205 g/mol. The maximum Gasteiger partial charge on any atom is 1.00 e. The minimum absolute atomic E-state index is 0.